The lowest BCUT2D eigenvalue weighted by Crippen LogP contribution is -2.42. The van der Waals surface area contributed by atoms with Gasteiger partial charge in [-0.2, -0.15) is 0 Å². The molecule has 0 aliphatic carbocycles. The monoisotopic (exact) mass is 266 g/mol. The van der Waals surface area contributed by atoms with Crippen LogP contribution < -0.4 is 0 Å². The van der Waals surface area contributed by atoms with Crippen molar-refractivity contribution in [2.75, 3.05) is 53.4 Å². The molecule has 0 atom stereocenters. The highest BCUT2D eigenvalue weighted by atomic mass is 16.0. The van der Waals surface area contributed by atoms with E-state index >= 15 is 0 Å². The second-order valence-corrected chi connectivity index (χ2v) is 5.14. The lowest BCUT2D eigenvalue weighted by molar-refractivity contribution is -0.904. The van der Waals surface area contributed by atoms with Crippen LogP contribution in [0.2, 0.25) is 0 Å². The van der Waals surface area contributed by atoms with Gasteiger partial charge in [0.25, 0.3) is 0 Å². The second kappa shape index (κ2) is 13.3. The van der Waals surface area contributed by atoms with Crippen LogP contribution >= 0.6 is 0 Å². The minimum absolute atomic E-state index is 0. The Morgan fingerprint density at radius 3 is 0.556 bits per heavy atom. The van der Waals surface area contributed by atoms with E-state index in [-0.39, 0.29) is 11.0 Å². The normalized spacial score (nSPS) is 10.7. The summed E-state index contributed by atoms with van der Waals surface area (Å²) in [6, 6.07) is 0. The quantitative estimate of drug-likeness (QED) is 0.694. The van der Waals surface area contributed by atoms with Crippen LogP contribution in [0.5, 0.6) is 0 Å². The third kappa shape index (κ3) is 11.0. The van der Waals surface area contributed by atoms with Gasteiger partial charge >= 0.3 is 0 Å². The smallest absolute Gasteiger partial charge is 0.0755 e. The van der Waals surface area contributed by atoms with E-state index in [1.165, 1.54) is 48.2 Å². The van der Waals surface area contributed by atoms with E-state index in [0.29, 0.717) is 0 Å². The average Bonchev–Trinajstić information content (AvgIpc) is 2.37. The molecule has 0 heterocycles. The molecule has 0 rings (SSSR count). The molecule has 0 saturated heterocycles. The minimum Gasteiger partial charge on any atom is -0.870 e. The Morgan fingerprint density at radius 2 is 0.556 bits per heavy atom. The molecule has 116 valence electrons. The van der Waals surface area contributed by atoms with E-state index < -0.39 is 0 Å². The van der Waals surface area contributed by atoms with Crippen molar-refractivity contribution in [1.29, 1.82) is 0 Å². The molecular formula is C14H38N2O2. The average molecular weight is 266 g/mol. The van der Waals surface area contributed by atoms with Gasteiger partial charge < -0.3 is 19.9 Å². The topological polar surface area (TPSA) is 60.0 Å². The van der Waals surface area contributed by atoms with Gasteiger partial charge in [-0.1, -0.05) is 0 Å². The number of hydrogen-bond acceptors (Lipinski definition) is 2. The fourth-order valence-corrected chi connectivity index (χ4v) is 1.34. The van der Waals surface area contributed by atoms with Crippen molar-refractivity contribution in [3.05, 3.63) is 0 Å². The molecule has 0 spiro atoms. The first kappa shape index (κ1) is 26.4. The summed E-state index contributed by atoms with van der Waals surface area (Å²) >= 11 is 0. The number of nitrogens with zero attached hydrogens (tertiary/aromatic N) is 2. The molecule has 0 saturated carbocycles. The molecule has 0 bridgehead atoms. The van der Waals surface area contributed by atoms with E-state index in [0.717, 1.165) is 0 Å². The molecule has 0 unspecified atom stereocenters. The molecule has 0 aliphatic heterocycles. The van der Waals surface area contributed by atoms with Gasteiger partial charge in [0, 0.05) is 0 Å². The summed E-state index contributed by atoms with van der Waals surface area (Å²) < 4.78 is 2.42. The van der Waals surface area contributed by atoms with Crippen LogP contribution in [-0.2, 0) is 0 Å². The zero-order chi connectivity index (χ0) is 13.2. The highest BCUT2D eigenvalue weighted by Crippen LogP contribution is 1.98. The Bertz CT molecular complexity index is 121. The van der Waals surface area contributed by atoms with Gasteiger partial charge in [0.1, 0.15) is 0 Å². The van der Waals surface area contributed by atoms with Crippen molar-refractivity contribution in [2.45, 2.75) is 41.5 Å². The number of hydrogen-bond donors (Lipinski definition) is 0. The second-order valence-electron chi connectivity index (χ2n) is 5.14. The predicted octanol–water partition coefficient (Wildman–Crippen LogP) is 2.63. The zero-order valence-corrected chi connectivity index (χ0v) is 14.0. The molecule has 18 heavy (non-hydrogen) atoms. The third-order valence-electron chi connectivity index (χ3n) is 4.58. The van der Waals surface area contributed by atoms with Crippen LogP contribution in [0, 0.1) is 0 Å². The first-order chi connectivity index (χ1) is 7.36. The summed E-state index contributed by atoms with van der Waals surface area (Å²) in [6.07, 6.45) is 0. The number of rotatable bonds is 6. The van der Waals surface area contributed by atoms with Gasteiger partial charge in [-0.25, -0.2) is 0 Å². The van der Waals surface area contributed by atoms with E-state index in [9.17, 15) is 0 Å². The standard InChI is InChI=1S/2C7H18N.2H2O/c2*1-5-8(4,6-2)7-3;;/h2*5-7H2,1-4H3;2*1H2/q2*+1;;/p-2. The van der Waals surface area contributed by atoms with E-state index in [2.05, 4.69) is 55.6 Å². The maximum absolute atomic E-state index is 2.29. The molecular weight excluding hydrogens is 228 g/mol. The van der Waals surface area contributed by atoms with Crippen LogP contribution in [-0.4, -0.2) is 73.3 Å². The van der Waals surface area contributed by atoms with E-state index in [4.69, 9.17) is 0 Å². The molecule has 4 nitrogen and oxygen atoms in total. The Balaban J connectivity index is -0.0000000980. The largest absolute Gasteiger partial charge is 0.870 e. The first-order valence-electron chi connectivity index (χ1n) is 7.03. The van der Waals surface area contributed by atoms with Crippen molar-refractivity contribution in [1.82, 2.24) is 0 Å². The predicted molar refractivity (Wildman–Crippen MR) is 79.5 cm³/mol. The molecule has 0 aromatic heterocycles. The maximum atomic E-state index is 2.29. The Morgan fingerprint density at radius 1 is 0.444 bits per heavy atom. The Kier molecular flexibility index (Phi) is 19.5. The van der Waals surface area contributed by atoms with Gasteiger partial charge in [-0.15, -0.1) is 0 Å². The van der Waals surface area contributed by atoms with Gasteiger partial charge in [0.05, 0.1) is 53.4 Å². The highest BCUT2D eigenvalue weighted by Gasteiger charge is 2.11. The minimum atomic E-state index is 0. The summed E-state index contributed by atoms with van der Waals surface area (Å²) in [5.74, 6) is 0. The third-order valence-corrected chi connectivity index (χ3v) is 4.58. The van der Waals surface area contributed by atoms with Crippen molar-refractivity contribution >= 4 is 0 Å². The van der Waals surface area contributed by atoms with Crippen LogP contribution in [0.15, 0.2) is 0 Å². The summed E-state index contributed by atoms with van der Waals surface area (Å²) in [5, 5.41) is 0. The molecule has 0 aliphatic rings. The maximum Gasteiger partial charge on any atom is 0.0755 e. The lowest BCUT2D eigenvalue weighted by atomic mass is 10.4. The van der Waals surface area contributed by atoms with Crippen LogP contribution in [0.1, 0.15) is 41.5 Å². The van der Waals surface area contributed by atoms with Crippen molar-refractivity contribution in [2.24, 2.45) is 0 Å². The van der Waals surface area contributed by atoms with Crippen molar-refractivity contribution < 1.29 is 19.9 Å². The first-order valence-corrected chi connectivity index (χ1v) is 7.03. The Labute approximate surface area is 115 Å². The molecule has 0 amide bonds. The van der Waals surface area contributed by atoms with Crippen molar-refractivity contribution in [3.8, 4) is 0 Å². The fraction of sp³-hybridized carbons (Fsp3) is 1.00. The molecule has 0 aromatic rings. The van der Waals surface area contributed by atoms with Crippen LogP contribution in [0.3, 0.4) is 0 Å². The van der Waals surface area contributed by atoms with E-state index in [1.54, 1.807) is 0 Å². The number of quaternary nitrogens is 2. The molecule has 0 aromatic carbocycles. The lowest BCUT2D eigenvalue weighted by Gasteiger charge is -2.30. The molecule has 0 fully saturated rings. The SMILES string of the molecule is CC[N+](C)(CC)CC.CC[N+](C)(CC)CC.[OH-].[OH-]. The van der Waals surface area contributed by atoms with Crippen molar-refractivity contribution in [3.63, 3.8) is 0 Å². The summed E-state index contributed by atoms with van der Waals surface area (Å²) in [6.45, 7) is 21.0. The molecule has 4 heteroatoms. The van der Waals surface area contributed by atoms with E-state index in [1.807, 2.05) is 0 Å². The fourth-order valence-electron chi connectivity index (χ4n) is 1.34. The molecule has 0 radical (unpaired) electrons. The Hall–Kier alpha value is -0.160. The van der Waals surface area contributed by atoms with Gasteiger partial charge in [0.2, 0.25) is 0 Å². The van der Waals surface area contributed by atoms with Gasteiger partial charge in [-0.3, -0.25) is 0 Å². The van der Waals surface area contributed by atoms with Crippen LogP contribution in [0.25, 0.3) is 0 Å². The summed E-state index contributed by atoms with van der Waals surface area (Å²) in [7, 11) is 4.58. The van der Waals surface area contributed by atoms with Gasteiger partial charge in [0.15, 0.2) is 0 Å². The summed E-state index contributed by atoms with van der Waals surface area (Å²) in [4.78, 5) is 0. The summed E-state index contributed by atoms with van der Waals surface area (Å²) in [5.41, 5.74) is 0. The van der Waals surface area contributed by atoms with Gasteiger partial charge in [-0.05, 0) is 41.5 Å². The zero-order valence-electron chi connectivity index (χ0n) is 14.0. The van der Waals surface area contributed by atoms with Crippen LogP contribution in [0.4, 0.5) is 0 Å². The highest BCUT2D eigenvalue weighted by molar-refractivity contribution is 4.25. The molecule has 2 N–H and O–H groups in total.